The molecule has 2 unspecified atom stereocenters. The Kier molecular flexibility index (Phi) is 5.47. The summed E-state index contributed by atoms with van der Waals surface area (Å²) in [5, 5.41) is 2.75. The van der Waals surface area contributed by atoms with Gasteiger partial charge in [-0.3, -0.25) is 9.00 Å². The summed E-state index contributed by atoms with van der Waals surface area (Å²) in [6, 6.07) is 3.69. The number of hydrogen-bond acceptors (Lipinski definition) is 3. The van der Waals surface area contributed by atoms with Crippen molar-refractivity contribution in [3.05, 3.63) is 24.0 Å². The van der Waals surface area contributed by atoms with Crippen LogP contribution in [0.25, 0.3) is 0 Å². The average Bonchev–Trinajstić information content (AvgIpc) is 2.26. The maximum Gasteiger partial charge on any atom is 0.233 e. The van der Waals surface area contributed by atoms with Gasteiger partial charge in [-0.05, 0) is 31.0 Å². The van der Waals surface area contributed by atoms with Crippen LogP contribution in [0.1, 0.15) is 20.8 Å². The molecule has 0 aliphatic heterocycles. The van der Waals surface area contributed by atoms with Crippen LogP contribution in [0.2, 0.25) is 0 Å². The van der Waals surface area contributed by atoms with E-state index in [1.54, 1.807) is 0 Å². The van der Waals surface area contributed by atoms with Crippen molar-refractivity contribution in [2.75, 3.05) is 11.5 Å². The normalized spacial score (nSPS) is 14.2. The van der Waals surface area contributed by atoms with E-state index < -0.39 is 16.6 Å². The predicted molar refractivity (Wildman–Crippen MR) is 74.5 cm³/mol. The van der Waals surface area contributed by atoms with Crippen LogP contribution in [0.5, 0.6) is 0 Å². The Morgan fingerprint density at radius 1 is 1.37 bits per heavy atom. The number of benzene rings is 1. The minimum atomic E-state index is -1.60. The van der Waals surface area contributed by atoms with Crippen LogP contribution in [-0.2, 0) is 15.6 Å². The number of anilines is 1. The Balaban J connectivity index is 2.67. The van der Waals surface area contributed by atoms with E-state index >= 15 is 0 Å². The topological polar surface area (TPSA) is 72.2 Å². The van der Waals surface area contributed by atoms with Gasteiger partial charge in [-0.15, -0.1) is 0 Å². The molecule has 0 bridgehead atoms. The fourth-order valence-electron chi connectivity index (χ4n) is 1.38. The molecule has 0 spiro atoms. The zero-order valence-corrected chi connectivity index (χ0v) is 12.1. The fraction of sp³-hybridized carbons (Fsp3) is 0.462. The molecule has 2 atom stereocenters. The molecule has 106 valence electrons. The number of carbonyl (C=O) groups excluding carboxylic acids is 1. The Labute approximate surface area is 115 Å². The summed E-state index contributed by atoms with van der Waals surface area (Å²) in [6.45, 7) is 5.84. The molecule has 1 aromatic rings. The molecule has 3 N–H and O–H groups in total. The molecular weight excluding hydrogens is 267 g/mol. The van der Waals surface area contributed by atoms with Gasteiger partial charge in [0.15, 0.2) is 0 Å². The highest BCUT2D eigenvalue weighted by atomic mass is 32.2. The lowest BCUT2D eigenvalue weighted by atomic mass is 10.1. The van der Waals surface area contributed by atoms with Gasteiger partial charge in [0.25, 0.3) is 0 Å². The standard InChI is InChI=1S/C13H19FN2O2S/c1-8(2)9(3)16-13(17)7-19(18)12-5-10(14)4-11(15)6-12/h4-6,8-9H,7,15H2,1-3H3,(H,16,17). The monoisotopic (exact) mass is 286 g/mol. The highest BCUT2D eigenvalue weighted by Gasteiger charge is 2.15. The Morgan fingerprint density at radius 2 is 2.00 bits per heavy atom. The van der Waals surface area contributed by atoms with Gasteiger partial charge in [0.1, 0.15) is 11.6 Å². The first-order valence-electron chi connectivity index (χ1n) is 6.03. The number of carbonyl (C=O) groups is 1. The lowest BCUT2D eigenvalue weighted by Crippen LogP contribution is -2.38. The number of nitrogens with two attached hydrogens (primary N) is 1. The molecule has 0 radical (unpaired) electrons. The summed E-state index contributed by atoms with van der Waals surface area (Å²) < 4.78 is 25.1. The van der Waals surface area contributed by atoms with E-state index in [0.717, 1.165) is 12.1 Å². The Hall–Kier alpha value is -1.43. The number of nitrogen functional groups attached to an aromatic ring is 1. The van der Waals surface area contributed by atoms with Gasteiger partial charge in [0, 0.05) is 16.6 Å². The van der Waals surface area contributed by atoms with Crippen LogP contribution in [0.3, 0.4) is 0 Å². The summed E-state index contributed by atoms with van der Waals surface area (Å²) in [6.07, 6.45) is 0. The van der Waals surface area contributed by atoms with Crippen LogP contribution in [-0.4, -0.2) is 21.9 Å². The second-order valence-corrected chi connectivity index (χ2v) is 6.26. The highest BCUT2D eigenvalue weighted by molar-refractivity contribution is 7.85. The molecule has 0 saturated heterocycles. The molecule has 0 saturated carbocycles. The minimum absolute atomic E-state index is 0.00192. The molecule has 1 aromatic carbocycles. The first-order chi connectivity index (χ1) is 8.79. The van der Waals surface area contributed by atoms with E-state index in [0.29, 0.717) is 5.92 Å². The van der Waals surface area contributed by atoms with Crippen molar-refractivity contribution in [2.45, 2.75) is 31.7 Å². The molecule has 4 nitrogen and oxygen atoms in total. The molecule has 0 fully saturated rings. The van der Waals surface area contributed by atoms with E-state index in [9.17, 15) is 13.4 Å². The number of hydrogen-bond donors (Lipinski definition) is 2. The minimum Gasteiger partial charge on any atom is -0.399 e. The smallest absolute Gasteiger partial charge is 0.233 e. The van der Waals surface area contributed by atoms with Gasteiger partial charge in [-0.1, -0.05) is 13.8 Å². The quantitative estimate of drug-likeness (QED) is 0.809. The Bertz CT molecular complexity index is 471. The van der Waals surface area contributed by atoms with Crippen LogP contribution in [0.4, 0.5) is 10.1 Å². The van der Waals surface area contributed by atoms with Crippen molar-refractivity contribution >= 4 is 22.4 Å². The first-order valence-corrected chi connectivity index (χ1v) is 7.35. The lowest BCUT2D eigenvalue weighted by molar-refractivity contribution is -0.119. The number of halogens is 1. The highest BCUT2D eigenvalue weighted by Crippen LogP contribution is 2.14. The van der Waals surface area contributed by atoms with Crippen molar-refractivity contribution in [3.8, 4) is 0 Å². The van der Waals surface area contributed by atoms with Gasteiger partial charge < -0.3 is 11.1 Å². The lowest BCUT2D eigenvalue weighted by Gasteiger charge is -2.17. The molecule has 19 heavy (non-hydrogen) atoms. The van der Waals surface area contributed by atoms with Crippen LogP contribution >= 0.6 is 0 Å². The summed E-state index contributed by atoms with van der Waals surface area (Å²) >= 11 is 0. The van der Waals surface area contributed by atoms with E-state index in [2.05, 4.69) is 5.32 Å². The SMILES string of the molecule is CC(C)C(C)NC(=O)CS(=O)c1cc(N)cc(F)c1. The molecule has 0 aromatic heterocycles. The van der Waals surface area contributed by atoms with E-state index in [-0.39, 0.29) is 28.3 Å². The number of amides is 1. The molecule has 1 amide bonds. The van der Waals surface area contributed by atoms with Crippen LogP contribution in [0.15, 0.2) is 23.1 Å². The van der Waals surface area contributed by atoms with E-state index in [4.69, 9.17) is 5.73 Å². The number of rotatable bonds is 5. The van der Waals surface area contributed by atoms with Crippen molar-refractivity contribution in [1.82, 2.24) is 5.32 Å². The van der Waals surface area contributed by atoms with Crippen LogP contribution < -0.4 is 11.1 Å². The molecule has 0 aliphatic carbocycles. The zero-order chi connectivity index (χ0) is 14.6. The van der Waals surface area contributed by atoms with Gasteiger partial charge in [0.2, 0.25) is 5.91 Å². The third kappa shape index (κ3) is 4.98. The molecule has 0 heterocycles. The first kappa shape index (κ1) is 15.6. The second-order valence-electron chi connectivity index (χ2n) is 4.81. The van der Waals surface area contributed by atoms with Gasteiger partial charge in [0.05, 0.1) is 10.8 Å². The van der Waals surface area contributed by atoms with Crippen molar-refractivity contribution in [3.63, 3.8) is 0 Å². The largest absolute Gasteiger partial charge is 0.399 e. The van der Waals surface area contributed by atoms with Gasteiger partial charge >= 0.3 is 0 Å². The molecule has 1 rings (SSSR count). The molecular formula is C13H19FN2O2S. The average molecular weight is 286 g/mol. The summed E-state index contributed by atoms with van der Waals surface area (Å²) in [4.78, 5) is 11.9. The fourth-order valence-corrected chi connectivity index (χ4v) is 2.38. The summed E-state index contributed by atoms with van der Waals surface area (Å²) in [5.74, 6) is -0.774. The summed E-state index contributed by atoms with van der Waals surface area (Å²) in [7, 11) is -1.60. The van der Waals surface area contributed by atoms with Gasteiger partial charge in [-0.25, -0.2) is 4.39 Å². The van der Waals surface area contributed by atoms with Crippen molar-refractivity contribution < 1.29 is 13.4 Å². The third-order valence-electron chi connectivity index (χ3n) is 2.81. The van der Waals surface area contributed by atoms with E-state index in [1.807, 2.05) is 20.8 Å². The molecule has 6 heteroatoms. The number of nitrogens with one attached hydrogen (secondary N) is 1. The van der Waals surface area contributed by atoms with Crippen LogP contribution in [0, 0.1) is 11.7 Å². The van der Waals surface area contributed by atoms with Crippen molar-refractivity contribution in [2.24, 2.45) is 5.92 Å². The maximum atomic E-state index is 13.1. The maximum absolute atomic E-state index is 13.1. The van der Waals surface area contributed by atoms with E-state index in [1.165, 1.54) is 6.07 Å². The third-order valence-corrected chi connectivity index (χ3v) is 4.09. The zero-order valence-electron chi connectivity index (χ0n) is 11.3. The second kappa shape index (κ2) is 6.65. The Morgan fingerprint density at radius 3 is 2.53 bits per heavy atom. The molecule has 0 aliphatic rings. The van der Waals surface area contributed by atoms with Crippen molar-refractivity contribution in [1.29, 1.82) is 0 Å². The summed E-state index contributed by atoms with van der Waals surface area (Å²) in [5.41, 5.74) is 5.67. The van der Waals surface area contributed by atoms with Gasteiger partial charge in [-0.2, -0.15) is 0 Å². The predicted octanol–water partition coefficient (Wildman–Crippen LogP) is 1.68.